The molecule has 1 heterocycles. The molecule has 0 saturated carbocycles. The van der Waals surface area contributed by atoms with Gasteiger partial charge in [0.15, 0.2) is 18.1 Å². The molecule has 0 atom stereocenters. The molecule has 0 spiro atoms. The summed E-state index contributed by atoms with van der Waals surface area (Å²) in [6, 6.07) is 13.9. The predicted octanol–water partition coefficient (Wildman–Crippen LogP) is -0.416. The molecule has 0 unspecified atom stereocenters. The minimum atomic E-state index is -0.0267. The predicted molar refractivity (Wildman–Crippen MR) is 114 cm³/mol. The molecule has 0 radical (unpaired) electrons. The zero-order chi connectivity index (χ0) is 21.6. The minimum absolute atomic E-state index is 0. The summed E-state index contributed by atoms with van der Waals surface area (Å²) in [4.78, 5) is 14.6. The lowest BCUT2D eigenvalue weighted by Crippen LogP contribution is -3.00. The number of nitrogens with zero attached hydrogens (tertiary/aromatic N) is 2. The Morgan fingerprint density at radius 1 is 0.968 bits per heavy atom. The van der Waals surface area contributed by atoms with Crippen LogP contribution in [0, 0.1) is 0 Å². The number of quaternary nitrogens is 1. The van der Waals surface area contributed by atoms with Gasteiger partial charge in [-0.15, -0.1) is 0 Å². The molecule has 8 heteroatoms. The van der Waals surface area contributed by atoms with Gasteiger partial charge in [-0.25, -0.2) is 0 Å². The third-order valence-corrected chi connectivity index (χ3v) is 5.58. The molecule has 0 aliphatic carbocycles. The van der Waals surface area contributed by atoms with Gasteiger partial charge in [-0.05, 0) is 0 Å². The van der Waals surface area contributed by atoms with Gasteiger partial charge in [-0.1, -0.05) is 30.3 Å². The second-order valence-corrected chi connectivity index (χ2v) is 7.74. The number of amides is 1. The molecule has 1 aliphatic rings. The van der Waals surface area contributed by atoms with E-state index in [9.17, 15) is 4.79 Å². The highest BCUT2D eigenvalue weighted by Gasteiger charge is 2.31. The van der Waals surface area contributed by atoms with Gasteiger partial charge in [-0.3, -0.25) is 4.79 Å². The average molecular weight is 542 g/mol. The van der Waals surface area contributed by atoms with Crippen LogP contribution >= 0.6 is 0 Å². The Labute approximate surface area is 201 Å². The van der Waals surface area contributed by atoms with Crippen molar-refractivity contribution in [1.82, 2.24) is 4.90 Å². The quantitative estimate of drug-likeness (QED) is 0.336. The van der Waals surface area contributed by atoms with Crippen LogP contribution in [0.3, 0.4) is 0 Å². The van der Waals surface area contributed by atoms with Crippen LogP contribution in [-0.2, 0) is 11.3 Å². The first-order chi connectivity index (χ1) is 14.5. The number of hydrogen-bond acceptors (Lipinski definition) is 5. The molecule has 0 aromatic heterocycles. The SMILES string of the molecule is COc1cc(OCC(=O)N2CC[N+](C)(Cc3ccccc3)CC2)cc(OC)c1OC.[I-]. The first-order valence-electron chi connectivity index (χ1n) is 10.1. The van der Waals surface area contributed by atoms with Gasteiger partial charge < -0.3 is 52.3 Å². The third kappa shape index (κ3) is 6.39. The van der Waals surface area contributed by atoms with Crippen LogP contribution in [0.25, 0.3) is 0 Å². The number of carbonyl (C=O) groups is 1. The lowest BCUT2D eigenvalue weighted by Gasteiger charge is -2.42. The van der Waals surface area contributed by atoms with Crippen LogP contribution in [0.2, 0.25) is 0 Å². The molecule has 31 heavy (non-hydrogen) atoms. The summed E-state index contributed by atoms with van der Waals surface area (Å²) in [5.41, 5.74) is 1.32. The average Bonchev–Trinajstić information content (AvgIpc) is 2.77. The molecular formula is C23H31IN2O5. The summed E-state index contributed by atoms with van der Waals surface area (Å²) in [7, 11) is 6.89. The summed E-state index contributed by atoms with van der Waals surface area (Å²) in [5, 5.41) is 0. The highest BCUT2D eigenvalue weighted by atomic mass is 127. The smallest absolute Gasteiger partial charge is 0.260 e. The first-order valence-corrected chi connectivity index (χ1v) is 10.1. The number of carbonyl (C=O) groups excluding carboxylic acids is 1. The number of piperazine rings is 1. The van der Waals surface area contributed by atoms with Crippen molar-refractivity contribution >= 4 is 5.91 Å². The van der Waals surface area contributed by atoms with Crippen LogP contribution < -0.4 is 42.9 Å². The molecule has 1 aliphatic heterocycles. The van der Waals surface area contributed by atoms with Crippen molar-refractivity contribution in [2.45, 2.75) is 6.54 Å². The maximum absolute atomic E-state index is 12.7. The Morgan fingerprint density at radius 2 is 1.55 bits per heavy atom. The van der Waals surface area contributed by atoms with Gasteiger partial charge in [0.25, 0.3) is 5.91 Å². The Hall–Kier alpha value is -2.20. The highest BCUT2D eigenvalue weighted by Crippen LogP contribution is 2.40. The van der Waals surface area contributed by atoms with Crippen molar-refractivity contribution in [2.24, 2.45) is 0 Å². The Morgan fingerprint density at radius 3 is 2.06 bits per heavy atom. The van der Waals surface area contributed by atoms with Gasteiger partial charge in [0.05, 0.1) is 54.6 Å². The minimum Gasteiger partial charge on any atom is -1.00 e. The summed E-state index contributed by atoms with van der Waals surface area (Å²) in [6.07, 6.45) is 0. The summed E-state index contributed by atoms with van der Waals surface area (Å²) in [5.74, 6) is 1.96. The van der Waals surface area contributed by atoms with Gasteiger partial charge >= 0.3 is 0 Å². The molecule has 7 nitrogen and oxygen atoms in total. The van der Waals surface area contributed by atoms with Crippen LogP contribution in [-0.4, -0.2) is 76.5 Å². The number of benzene rings is 2. The van der Waals surface area contributed by atoms with Crippen molar-refractivity contribution in [3.8, 4) is 23.0 Å². The van der Waals surface area contributed by atoms with Crippen molar-refractivity contribution in [1.29, 1.82) is 0 Å². The number of halogens is 1. The van der Waals surface area contributed by atoms with Crippen molar-refractivity contribution in [3.63, 3.8) is 0 Å². The maximum atomic E-state index is 12.7. The summed E-state index contributed by atoms with van der Waals surface area (Å²) < 4.78 is 22.7. The fraction of sp³-hybridized carbons (Fsp3) is 0.435. The van der Waals surface area contributed by atoms with Crippen LogP contribution in [0.5, 0.6) is 23.0 Å². The zero-order valence-corrected chi connectivity index (χ0v) is 20.8. The van der Waals surface area contributed by atoms with Gasteiger partial charge in [0.2, 0.25) is 5.75 Å². The number of rotatable bonds is 8. The van der Waals surface area contributed by atoms with Crippen molar-refractivity contribution < 1.29 is 52.2 Å². The second kappa shape index (κ2) is 11.4. The first kappa shape index (κ1) is 25.1. The molecular weight excluding hydrogens is 511 g/mol. The van der Waals surface area contributed by atoms with E-state index in [0.717, 1.165) is 37.2 Å². The van der Waals surface area contributed by atoms with E-state index in [-0.39, 0.29) is 36.5 Å². The molecule has 0 N–H and O–H groups in total. The second-order valence-electron chi connectivity index (χ2n) is 7.74. The Kier molecular flexibility index (Phi) is 9.24. The molecule has 1 fully saturated rings. The third-order valence-electron chi connectivity index (χ3n) is 5.58. The molecule has 1 saturated heterocycles. The van der Waals surface area contributed by atoms with Crippen LogP contribution in [0.4, 0.5) is 0 Å². The van der Waals surface area contributed by atoms with Crippen LogP contribution in [0.15, 0.2) is 42.5 Å². The molecule has 2 aromatic rings. The fourth-order valence-electron chi connectivity index (χ4n) is 3.76. The Bertz CT molecular complexity index is 829. The van der Waals surface area contributed by atoms with E-state index in [1.165, 1.54) is 5.56 Å². The van der Waals surface area contributed by atoms with E-state index < -0.39 is 0 Å². The number of likely N-dealkylation sites (N-methyl/N-ethyl adjacent to an activating group) is 1. The molecule has 1 amide bonds. The fourth-order valence-corrected chi connectivity index (χ4v) is 3.76. The van der Waals surface area contributed by atoms with E-state index in [0.29, 0.717) is 23.0 Å². The maximum Gasteiger partial charge on any atom is 0.260 e. The van der Waals surface area contributed by atoms with Gasteiger partial charge in [0.1, 0.15) is 12.3 Å². The molecule has 3 rings (SSSR count). The molecule has 170 valence electrons. The monoisotopic (exact) mass is 542 g/mol. The van der Waals surface area contributed by atoms with E-state index in [2.05, 4.69) is 31.3 Å². The largest absolute Gasteiger partial charge is 1.00 e. The van der Waals surface area contributed by atoms with Gasteiger partial charge in [0, 0.05) is 17.7 Å². The van der Waals surface area contributed by atoms with Crippen LogP contribution in [0.1, 0.15) is 5.56 Å². The van der Waals surface area contributed by atoms with Crippen molar-refractivity contribution in [2.75, 3.05) is 61.2 Å². The normalized spacial score (nSPS) is 14.9. The van der Waals surface area contributed by atoms with E-state index in [1.807, 2.05) is 11.0 Å². The molecule has 0 bridgehead atoms. The number of hydrogen-bond donors (Lipinski definition) is 0. The van der Waals surface area contributed by atoms with Crippen molar-refractivity contribution in [3.05, 3.63) is 48.0 Å². The lowest BCUT2D eigenvalue weighted by molar-refractivity contribution is -0.926. The van der Waals surface area contributed by atoms with E-state index in [4.69, 9.17) is 18.9 Å². The van der Waals surface area contributed by atoms with Gasteiger partial charge in [-0.2, -0.15) is 0 Å². The summed E-state index contributed by atoms with van der Waals surface area (Å²) >= 11 is 0. The molecule has 2 aromatic carbocycles. The topological polar surface area (TPSA) is 57.2 Å². The summed E-state index contributed by atoms with van der Waals surface area (Å²) in [6.45, 7) is 4.24. The van der Waals surface area contributed by atoms with E-state index in [1.54, 1.807) is 33.5 Å². The lowest BCUT2D eigenvalue weighted by atomic mass is 10.1. The standard InChI is InChI=1S/C23H31N2O5.HI/c1-25(16-18-8-6-5-7-9-18)12-10-24(11-13-25)22(26)17-30-19-14-20(27-2)23(29-4)21(15-19)28-3;/h5-9,14-15H,10-13,16-17H2,1-4H3;1H/q+1;/p-1. The highest BCUT2D eigenvalue weighted by molar-refractivity contribution is 5.78. The zero-order valence-electron chi connectivity index (χ0n) is 18.6. The Balaban J connectivity index is 0.00000341. The number of methoxy groups -OCH3 is 3. The van der Waals surface area contributed by atoms with E-state index >= 15 is 0 Å². The number of ether oxygens (including phenoxy) is 4.